The summed E-state index contributed by atoms with van der Waals surface area (Å²) in [6.45, 7) is 4.73. The van der Waals surface area contributed by atoms with Gasteiger partial charge in [-0.25, -0.2) is 12.7 Å². The predicted molar refractivity (Wildman–Crippen MR) is 121 cm³/mol. The van der Waals surface area contributed by atoms with Crippen molar-refractivity contribution < 1.29 is 13.2 Å². The third kappa shape index (κ3) is 5.84. The highest BCUT2D eigenvalue weighted by atomic mass is 35.5. The molecule has 1 heterocycles. The Kier molecular flexibility index (Phi) is 7.55. The molecule has 5 nitrogen and oxygen atoms in total. The summed E-state index contributed by atoms with van der Waals surface area (Å²) in [6.07, 6.45) is 2.14. The Hall–Kier alpha value is -1.89. The van der Waals surface area contributed by atoms with E-state index in [1.807, 2.05) is 38.1 Å². The van der Waals surface area contributed by atoms with Crippen LogP contribution >= 0.6 is 11.6 Å². The molecule has 1 fully saturated rings. The van der Waals surface area contributed by atoms with Gasteiger partial charge in [0.2, 0.25) is 15.9 Å². The van der Waals surface area contributed by atoms with Gasteiger partial charge in [-0.15, -0.1) is 0 Å². The van der Waals surface area contributed by atoms with E-state index in [0.29, 0.717) is 30.0 Å². The maximum absolute atomic E-state index is 12.9. The molecule has 0 unspecified atom stereocenters. The molecule has 162 valence electrons. The van der Waals surface area contributed by atoms with Gasteiger partial charge in [0.1, 0.15) is 0 Å². The fourth-order valence-corrected chi connectivity index (χ4v) is 5.66. The molecule has 1 saturated heterocycles. The maximum Gasteiger partial charge on any atom is 0.224 e. The van der Waals surface area contributed by atoms with Crippen molar-refractivity contribution in [2.45, 2.75) is 44.9 Å². The molecule has 2 atom stereocenters. The summed E-state index contributed by atoms with van der Waals surface area (Å²) in [7, 11) is -3.52. The monoisotopic (exact) mass is 448 g/mol. The van der Waals surface area contributed by atoms with Crippen LogP contribution in [0.3, 0.4) is 0 Å². The van der Waals surface area contributed by atoms with E-state index in [9.17, 15) is 13.2 Å². The molecular weight excluding hydrogens is 420 g/mol. The Balaban J connectivity index is 1.65. The summed E-state index contributed by atoms with van der Waals surface area (Å²) in [5.74, 6) is -0.527. The zero-order valence-electron chi connectivity index (χ0n) is 17.5. The van der Waals surface area contributed by atoms with E-state index in [0.717, 1.165) is 12.0 Å². The van der Waals surface area contributed by atoms with Gasteiger partial charge in [-0.05, 0) is 49.4 Å². The Labute approximate surface area is 184 Å². The largest absolute Gasteiger partial charge is 0.349 e. The number of carbonyl (C=O) groups excluding carboxylic acids is 1. The molecule has 2 aromatic carbocycles. The van der Waals surface area contributed by atoms with E-state index < -0.39 is 10.0 Å². The molecule has 0 radical (unpaired) electrons. The highest BCUT2D eigenvalue weighted by Crippen LogP contribution is 2.24. The average Bonchev–Trinajstić information content (AvgIpc) is 2.72. The second kappa shape index (κ2) is 9.94. The summed E-state index contributed by atoms with van der Waals surface area (Å²) < 4.78 is 27.3. The van der Waals surface area contributed by atoms with Crippen molar-refractivity contribution in [3.05, 3.63) is 70.2 Å². The van der Waals surface area contributed by atoms with Gasteiger partial charge in [-0.3, -0.25) is 4.79 Å². The second-order valence-corrected chi connectivity index (χ2v) is 10.4. The molecule has 7 heteroatoms. The van der Waals surface area contributed by atoms with Crippen LogP contribution in [0.1, 0.15) is 48.9 Å². The SMILES string of the molecule is CC[C@@H](NC(=O)[C@@H]1CCCN(S(=O)(=O)Cc2cccc(Cl)c2)C1)c1ccc(C)cc1. The first-order valence-corrected chi connectivity index (χ1v) is 12.4. The smallest absolute Gasteiger partial charge is 0.224 e. The number of benzene rings is 2. The van der Waals surface area contributed by atoms with E-state index >= 15 is 0 Å². The van der Waals surface area contributed by atoms with Crippen LogP contribution in [0.15, 0.2) is 48.5 Å². The van der Waals surface area contributed by atoms with Gasteiger partial charge in [0.05, 0.1) is 17.7 Å². The van der Waals surface area contributed by atoms with Crippen molar-refractivity contribution in [1.29, 1.82) is 0 Å². The molecule has 3 rings (SSSR count). The fraction of sp³-hybridized carbons (Fsp3) is 0.435. The highest BCUT2D eigenvalue weighted by molar-refractivity contribution is 7.88. The highest BCUT2D eigenvalue weighted by Gasteiger charge is 2.33. The standard InChI is InChI=1S/C23H29ClN2O3S/c1-3-22(19-11-9-17(2)10-12-19)25-23(27)20-7-5-13-26(15-20)30(28,29)16-18-6-4-8-21(24)14-18/h4,6,8-12,14,20,22H,3,5,7,13,15-16H2,1-2H3,(H,25,27)/t20-,22-/m1/s1. The molecule has 30 heavy (non-hydrogen) atoms. The van der Waals surface area contributed by atoms with Gasteiger partial charge >= 0.3 is 0 Å². The summed E-state index contributed by atoms with van der Waals surface area (Å²) in [5, 5.41) is 3.64. The van der Waals surface area contributed by atoms with Gasteiger partial charge in [0.25, 0.3) is 0 Å². The third-order valence-electron chi connectivity index (χ3n) is 5.59. The number of carbonyl (C=O) groups is 1. The third-order valence-corrected chi connectivity index (χ3v) is 7.64. The van der Waals surface area contributed by atoms with Crippen LogP contribution in [-0.4, -0.2) is 31.7 Å². The number of sulfonamides is 1. The van der Waals surface area contributed by atoms with Gasteiger partial charge in [-0.2, -0.15) is 0 Å². The van der Waals surface area contributed by atoms with E-state index in [1.165, 1.54) is 9.87 Å². The number of amides is 1. The van der Waals surface area contributed by atoms with Gasteiger partial charge in [-0.1, -0.05) is 60.5 Å². The van der Waals surface area contributed by atoms with E-state index in [1.54, 1.807) is 24.3 Å². The number of nitrogens with zero attached hydrogens (tertiary/aromatic N) is 1. The van der Waals surface area contributed by atoms with Crippen molar-refractivity contribution in [3.8, 4) is 0 Å². The van der Waals surface area contributed by atoms with Crippen molar-refractivity contribution in [2.24, 2.45) is 5.92 Å². The molecule has 2 aromatic rings. The van der Waals surface area contributed by atoms with E-state index in [2.05, 4.69) is 5.32 Å². The quantitative estimate of drug-likeness (QED) is 0.680. The Bertz CT molecular complexity index is 976. The lowest BCUT2D eigenvalue weighted by Crippen LogP contribution is -2.46. The minimum atomic E-state index is -3.52. The van der Waals surface area contributed by atoms with Gasteiger partial charge in [0, 0.05) is 18.1 Å². The van der Waals surface area contributed by atoms with Crippen molar-refractivity contribution in [2.75, 3.05) is 13.1 Å². The number of rotatable bonds is 7. The predicted octanol–water partition coefficient (Wildman–Crippen LogP) is 4.46. The first kappa shape index (κ1) is 22.8. The normalized spacial score (nSPS) is 18.7. The first-order chi connectivity index (χ1) is 14.3. The van der Waals surface area contributed by atoms with Crippen LogP contribution in [0.25, 0.3) is 0 Å². The topological polar surface area (TPSA) is 66.5 Å². The molecule has 1 aliphatic rings. The number of piperidine rings is 1. The summed E-state index contributed by atoms with van der Waals surface area (Å²) in [6, 6.07) is 15.0. The van der Waals surface area contributed by atoms with Crippen molar-refractivity contribution in [1.82, 2.24) is 9.62 Å². The van der Waals surface area contributed by atoms with Crippen LogP contribution in [0.4, 0.5) is 0 Å². The van der Waals surface area contributed by atoms with Crippen molar-refractivity contribution >= 4 is 27.5 Å². The minimum Gasteiger partial charge on any atom is -0.349 e. The number of halogens is 1. The Morgan fingerprint density at radius 2 is 1.97 bits per heavy atom. The van der Waals surface area contributed by atoms with Crippen molar-refractivity contribution in [3.63, 3.8) is 0 Å². The average molecular weight is 449 g/mol. The minimum absolute atomic E-state index is 0.0726. The molecule has 0 aromatic heterocycles. The van der Waals surface area contributed by atoms with Gasteiger partial charge < -0.3 is 5.32 Å². The summed E-state index contributed by atoms with van der Waals surface area (Å²) in [4.78, 5) is 12.9. The zero-order chi connectivity index (χ0) is 21.7. The van der Waals surface area contributed by atoms with Crippen LogP contribution in [0.2, 0.25) is 5.02 Å². The fourth-order valence-electron chi connectivity index (χ4n) is 3.85. The Morgan fingerprint density at radius 1 is 1.23 bits per heavy atom. The van der Waals surface area contributed by atoms with Crippen LogP contribution in [0.5, 0.6) is 0 Å². The molecule has 0 spiro atoms. The number of hydrogen-bond acceptors (Lipinski definition) is 3. The molecule has 1 amide bonds. The van der Waals surface area contributed by atoms with E-state index in [-0.39, 0.29) is 30.2 Å². The maximum atomic E-state index is 12.9. The molecule has 1 aliphatic heterocycles. The van der Waals surface area contributed by atoms with Gasteiger partial charge in [0.15, 0.2) is 0 Å². The molecular formula is C23H29ClN2O3S. The number of aryl methyl sites for hydroxylation is 1. The first-order valence-electron chi connectivity index (χ1n) is 10.4. The lowest BCUT2D eigenvalue weighted by atomic mass is 9.97. The summed E-state index contributed by atoms with van der Waals surface area (Å²) in [5.41, 5.74) is 2.89. The number of hydrogen-bond donors (Lipinski definition) is 1. The molecule has 1 N–H and O–H groups in total. The summed E-state index contributed by atoms with van der Waals surface area (Å²) >= 11 is 5.98. The Morgan fingerprint density at radius 3 is 2.63 bits per heavy atom. The van der Waals surface area contributed by atoms with Crippen LogP contribution in [0, 0.1) is 12.8 Å². The molecule has 0 bridgehead atoms. The van der Waals surface area contributed by atoms with Crippen LogP contribution in [-0.2, 0) is 20.6 Å². The molecule has 0 aliphatic carbocycles. The zero-order valence-corrected chi connectivity index (χ0v) is 19.0. The van der Waals surface area contributed by atoms with Crippen LogP contribution < -0.4 is 5.32 Å². The lowest BCUT2D eigenvalue weighted by molar-refractivity contribution is -0.126. The lowest BCUT2D eigenvalue weighted by Gasteiger charge is -2.32. The molecule has 0 saturated carbocycles. The second-order valence-electron chi connectivity index (χ2n) is 7.96. The van der Waals surface area contributed by atoms with E-state index in [4.69, 9.17) is 11.6 Å². The number of nitrogens with one attached hydrogen (secondary N) is 1.